The Labute approximate surface area is 120 Å². The summed E-state index contributed by atoms with van der Waals surface area (Å²) in [5.41, 5.74) is 6.93. The highest BCUT2D eigenvalue weighted by Gasteiger charge is 2.18. The summed E-state index contributed by atoms with van der Waals surface area (Å²) >= 11 is 2.95. The van der Waals surface area contributed by atoms with E-state index >= 15 is 0 Å². The van der Waals surface area contributed by atoms with Gasteiger partial charge in [0, 0.05) is 15.5 Å². The summed E-state index contributed by atoms with van der Waals surface area (Å²) in [5.74, 6) is -0.564. The molecular weight excluding hydrogens is 278 g/mol. The van der Waals surface area contributed by atoms with Crippen molar-refractivity contribution in [2.24, 2.45) is 0 Å². The van der Waals surface area contributed by atoms with Gasteiger partial charge in [0.25, 0.3) is 0 Å². The average Bonchev–Trinajstić information content (AvgIpc) is 2.76. The van der Waals surface area contributed by atoms with E-state index in [9.17, 15) is 9.90 Å². The van der Waals surface area contributed by atoms with Crippen LogP contribution in [0, 0.1) is 0 Å². The van der Waals surface area contributed by atoms with E-state index in [2.05, 4.69) is 13.8 Å². The van der Waals surface area contributed by atoms with E-state index in [1.54, 1.807) is 6.07 Å². The molecule has 0 fully saturated rings. The van der Waals surface area contributed by atoms with E-state index in [-0.39, 0.29) is 0 Å². The first kappa shape index (κ1) is 14.0. The molecule has 100 valence electrons. The third-order valence-electron chi connectivity index (χ3n) is 2.64. The quantitative estimate of drug-likeness (QED) is 0.825. The SMILES string of the molecule is CC(C)c1cc(C(=O)O)c(Sc2ccccc2N)s1. The zero-order valence-electron chi connectivity index (χ0n) is 10.7. The Kier molecular flexibility index (Phi) is 4.17. The number of hydrogen-bond donors (Lipinski definition) is 2. The van der Waals surface area contributed by atoms with Crippen LogP contribution >= 0.6 is 23.1 Å². The standard InChI is InChI=1S/C14H15NO2S2/c1-8(2)12-7-9(13(16)17)14(19-12)18-11-6-4-3-5-10(11)15/h3-8H,15H2,1-2H3,(H,16,17). The number of benzene rings is 1. The van der Waals surface area contributed by atoms with Crippen LogP contribution in [-0.4, -0.2) is 11.1 Å². The van der Waals surface area contributed by atoms with Crippen molar-refractivity contribution in [1.29, 1.82) is 0 Å². The molecule has 1 aromatic carbocycles. The summed E-state index contributed by atoms with van der Waals surface area (Å²) in [7, 11) is 0. The molecule has 3 nitrogen and oxygen atoms in total. The minimum atomic E-state index is -0.889. The molecule has 5 heteroatoms. The second-order valence-corrected chi connectivity index (χ2v) is 6.84. The number of aromatic carboxylic acids is 1. The van der Waals surface area contributed by atoms with Crippen molar-refractivity contribution in [3.05, 3.63) is 40.8 Å². The fraction of sp³-hybridized carbons (Fsp3) is 0.214. The first-order valence-electron chi connectivity index (χ1n) is 5.88. The van der Waals surface area contributed by atoms with Crippen molar-refractivity contribution >= 4 is 34.8 Å². The molecule has 0 aliphatic heterocycles. The number of rotatable bonds is 4. The smallest absolute Gasteiger partial charge is 0.337 e. The Bertz CT molecular complexity index is 605. The molecule has 0 aliphatic carbocycles. The van der Waals surface area contributed by atoms with Gasteiger partial charge in [0.1, 0.15) is 0 Å². The highest BCUT2D eigenvalue weighted by Crippen LogP contribution is 2.41. The van der Waals surface area contributed by atoms with Gasteiger partial charge in [-0.1, -0.05) is 37.7 Å². The van der Waals surface area contributed by atoms with Gasteiger partial charge in [-0.15, -0.1) is 11.3 Å². The summed E-state index contributed by atoms with van der Waals surface area (Å²) in [6.45, 7) is 4.12. The molecule has 0 spiro atoms. The lowest BCUT2D eigenvalue weighted by molar-refractivity contribution is 0.0694. The van der Waals surface area contributed by atoms with E-state index in [4.69, 9.17) is 5.73 Å². The maximum atomic E-state index is 11.3. The minimum absolute atomic E-state index is 0.325. The molecule has 0 radical (unpaired) electrons. The fourth-order valence-electron chi connectivity index (χ4n) is 1.58. The maximum absolute atomic E-state index is 11.3. The van der Waals surface area contributed by atoms with Crippen LogP contribution in [0.3, 0.4) is 0 Å². The summed E-state index contributed by atoms with van der Waals surface area (Å²) < 4.78 is 0.786. The number of thiophene rings is 1. The van der Waals surface area contributed by atoms with Crippen LogP contribution in [0.25, 0.3) is 0 Å². The number of anilines is 1. The van der Waals surface area contributed by atoms with Gasteiger partial charge in [0.05, 0.1) is 9.77 Å². The van der Waals surface area contributed by atoms with Crippen molar-refractivity contribution in [3.8, 4) is 0 Å². The Balaban J connectivity index is 2.39. The number of carbonyl (C=O) groups is 1. The van der Waals surface area contributed by atoms with Crippen LogP contribution in [-0.2, 0) is 0 Å². The molecule has 0 saturated carbocycles. The molecule has 2 rings (SSSR count). The average molecular weight is 293 g/mol. The summed E-state index contributed by atoms with van der Waals surface area (Å²) in [5, 5.41) is 9.27. The van der Waals surface area contributed by atoms with Gasteiger partial charge in [-0.25, -0.2) is 4.79 Å². The first-order chi connectivity index (χ1) is 8.99. The van der Waals surface area contributed by atoms with Crippen molar-refractivity contribution in [2.75, 3.05) is 5.73 Å². The van der Waals surface area contributed by atoms with Gasteiger partial charge >= 0.3 is 5.97 Å². The van der Waals surface area contributed by atoms with Crippen LogP contribution in [0.4, 0.5) is 5.69 Å². The number of carboxylic acid groups (broad SMARTS) is 1. The minimum Gasteiger partial charge on any atom is -0.478 e. The number of carboxylic acids is 1. The first-order valence-corrected chi connectivity index (χ1v) is 7.51. The van der Waals surface area contributed by atoms with Gasteiger partial charge in [0.2, 0.25) is 0 Å². The summed E-state index contributed by atoms with van der Waals surface area (Å²) in [6, 6.07) is 9.25. The van der Waals surface area contributed by atoms with E-state index in [1.165, 1.54) is 23.1 Å². The third-order valence-corrected chi connectivity index (χ3v) is 5.37. The van der Waals surface area contributed by atoms with Gasteiger partial charge in [-0.2, -0.15) is 0 Å². The highest BCUT2D eigenvalue weighted by atomic mass is 32.2. The molecule has 0 amide bonds. The maximum Gasteiger partial charge on any atom is 0.337 e. The normalized spacial score (nSPS) is 10.9. The van der Waals surface area contributed by atoms with Gasteiger partial charge in [0.15, 0.2) is 0 Å². The fourth-order valence-corrected chi connectivity index (χ4v) is 3.97. The molecule has 0 bridgehead atoms. The molecule has 19 heavy (non-hydrogen) atoms. The monoisotopic (exact) mass is 293 g/mol. The van der Waals surface area contributed by atoms with E-state index in [0.29, 0.717) is 17.2 Å². The van der Waals surface area contributed by atoms with Crippen LogP contribution < -0.4 is 5.73 Å². The predicted molar refractivity (Wildman–Crippen MR) is 80.3 cm³/mol. The molecule has 0 unspecified atom stereocenters. The van der Waals surface area contributed by atoms with E-state index in [0.717, 1.165) is 14.0 Å². The molecule has 0 atom stereocenters. The Hall–Kier alpha value is -1.46. The van der Waals surface area contributed by atoms with Crippen LogP contribution in [0.15, 0.2) is 39.4 Å². The lowest BCUT2D eigenvalue weighted by Gasteiger charge is -2.03. The second-order valence-electron chi connectivity index (χ2n) is 4.45. The Morgan fingerprint density at radius 1 is 1.37 bits per heavy atom. The zero-order valence-corrected chi connectivity index (χ0v) is 12.3. The van der Waals surface area contributed by atoms with Crippen molar-refractivity contribution in [3.63, 3.8) is 0 Å². The summed E-state index contributed by atoms with van der Waals surface area (Å²) in [4.78, 5) is 13.3. The predicted octanol–water partition coefficient (Wildman–Crippen LogP) is 4.30. The number of nitrogens with two attached hydrogens (primary N) is 1. The molecule has 0 aliphatic rings. The molecule has 1 heterocycles. The largest absolute Gasteiger partial charge is 0.478 e. The second kappa shape index (κ2) is 5.67. The van der Waals surface area contributed by atoms with Gasteiger partial charge in [-0.3, -0.25) is 0 Å². The lowest BCUT2D eigenvalue weighted by atomic mass is 10.1. The van der Waals surface area contributed by atoms with Crippen molar-refractivity contribution < 1.29 is 9.90 Å². The lowest BCUT2D eigenvalue weighted by Crippen LogP contribution is -1.95. The van der Waals surface area contributed by atoms with Gasteiger partial charge < -0.3 is 10.8 Å². The summed E-state index contributed by atoms with van der Waals surface area (Å²) in [6.07, 6.45) is 0. The topological polar surface area (TPSA) is 63.3 Å². The molecule has 3 N–H and O–H groups in total. The molecule has 2 aromatic rings. The number of hydrogen-bond acceptors (Lipinski definition) is 4. The third kappa shape index (κ3) is 3.11. The highest BCUT2D eigenvalue weighted by molar-refractivity contribution is 8.01. The van der Waals surface area contributed by atoms with E-state index in [1.807, 2.05) is 24.3 Å². The van der Waals surface area contributed by atoms with Crippen molar-refractivity contribution in [2.45, 2.75) is 28.9 Å². The Morgan fingerprint density at radius 2 is 2.05 bits per heavy atom. The van der Waals surface area contributed by atoms with Crippen LogP contribution in [0.1, 0.15) is 35.0 Å². The molecule has 0 saturated heterocycles. The van der Waals surface area contributed by atoms with Crippen LogP contribution in [0.5, 0.6) is 0 Å². The van der Waals surface area contributed by atoms with Crippen LogP contribution in [0.2, 0.25) is 0 Å². The van der Waals surface area contributed by atoms with Crippen molar-refractivity contribution in [1.82, 2.24) is 0 Å². The Morgan fingerprint density at radius 3 is 2.63 bits per heavy atom. The zero-order chi connectivity index (χ0) is 14.0. The molecule has 1 aromatic heterocycles. The number of para-hydroxylation sites is 1. The van der Waals surface area contributed by atoms with E-state index < -0.39 is 5.97 Å². The number of nitrogen functional groups attached to an aromatic ring is 1. The van der Waals surface area contributed by atoms with Gasteiger partial charge in [-0.05, 0) is 24.1 Å². The molecular formula is C14H15NO2S2.